The van der Waals surface area contributed by atoms with Crippen molar-refractivity contribution < 1.29 is 4.79 Å². The second-order valence-corrected chi connectivity index (χ2v) is 3.42. The molecule has 0 aliphatic carbocycles. The molecule has 0 aliphatic heterocycles. The van der Waals surface area contributed by atoms with Crippen molar-refractivity contribution >= 4 is 23.2 Å². The average Bonchev–Trinajstić information content (AvgIpc) is 2.08. The van der Waals surface area contributed by atoms with Crippen LogP contribution in [0.5, 0.6) is 0 Å². The number of aryl methyl sites for hydroxylation is 1. The molecular weight excluding hydrogens is 186 g/mol. The van der Waals surface area contributed by atoms with Crippen molar-refractivity contribution in [3.05, 3.63) is 28.8 Å². The fourth-order valence-corrected chi connectivity index (χ4v) is 1.14. The molecule has 3 heteroatoms. The first-order valence-corrected chi connectivity index (χ1v) is 4.40. The monoisotopic (exact) mass is 197 g/mol. The predicted octanol–water partition coefficient (Wildman–Crippen LogP) is 2.63. The third-order valence-electron chi connectivity index (χ3n) is 2.00. The molecule has 0 saturated heterocycles. The highest BCUT2D eigenvalue weighted by molar-refractivity contribution is 6.31. The first kappa shape index (κ1) is 10.1. The van der Waals surface area contributed by atoms with E-state index in [0.29, 0.717) is 0 Å². The SMILES string of the molecule is CC(=O)N(C)c1ccc(Cl)c(C)c1. The van der Waals surface area contributed by atoms with Gasteiger partial charge >= 0.3 is 0 Å². The lowest BCUT2D eigenvalue weighted by Crippen LogP contribution is -2.22. The molecule has 0 aliphatic rings. The van der Waals surface area contributed by atoms with Crippen LogP contribution in [-0.2, 0) is 4.79 Å². The smallest absolute Gasteiger partial charge is 0.223 e. The Hall–Kier alpha value is -1.02. The fraction of sp³-hybridized carbons (Fsp3) is 0.300. The quantitative estimate of drug-likeness (QED) is 0.678. The maximum Gasteiger partial charge on any atom is 0.223 e. The van der Waals surface area contributed by atoms with E-state index in [1.165, 1.54) is 6.92 Å². The molecule has 0 heterocycles. The van der Waals surface area contributed by atoms with Gasteiger partial charge in [0, 0.05) is 24.7 Å². The number of amides is 1. The molecule has 70 valence electrons. The predicted molar refractivity (Wildman–Crippen MR) is 55.3 cm³/mol. The van der Waals surface area contributed by atoms with Gasteiger partial charge in [-0.05, 0) is 30.7 Å². The summed E-state index contributed by atoms with van der Waals surface area (Å²) in [6, 6.07) is 5.52. The van der Waals surface area contributed by atoms with Crippen molar-refractivity contribution in [1.29, 1.82) is 0 Å². The summed E-state index contributed by atoms with van der Waals surface area (Å²) in [4.78, 5) is 12.6. The molecule has 0 N–H and O–H groups in total. The summed E-state index contributed by atoms with van der Waals surface area (Å²) in [5, 5.41) is 0.723. The van der Waals surface area contributed by atoms with Gasteiger partial charge < -0.3 is 4.90 Å². The number of carbonyl (C=O) groups excluding carboxylic acids is 1. The first-order chi connectivity index (χ1) is 6.02. The Kier molecular flexibility index (Phi) is 2.94. The Morgan fingerprint density at radius 2 is 2.08 bits per heavy atom. The summed E-state index contributed by atoms with van der Waals surface area (Å²) >= 11 is 5.86. The summed E-state index contributed by atoms with van der Waals surface area (Å²) in [7, 11) is 1.74. The van der Waals surface area contributed by atoms with Crippen molar-refractivity contribution in [3.8, 4) is 0 Å². The number of nitrogens with zero attached hydrogens (tertiary/aromatic N) is 1. The van der Waals surface area contributed by atoms with Gasteiger partial charge in [-0.15, -0.1) is 0 Å². The minimum absolute atomic E-state index is 0.0155. The molecule has 1 amide bonds. The highest BCUT2D eigenvalue weighted by Gasteiger charge is 2.05. The maximum absolute atomic E-state index is 11.0. The van der Waals surface area contributed by atoms with Crippen molar-refractivity contribution in [1.82, 2.24) is 0 Å². The highest BCUT2D eigenvalue weighted by Crippen LogP contribution is 2.21. The molecule has 1 aromatic carbocycles. The average molecular weight is 198 g/mol. The number of benzene rings is 1. The van der Waals surface area contributed by atoms with Gasteiger partial charge in [0.25, 0.3) is 0 Å². The summed E-state index contributed by atoms with van der Waals surface area (Å²) in [5.41, 5.74) is 1.85. The molecule has 0 saturated carbocycles. The summed E-state index contributed by atoms with van der Waals surface area (Å²) in [6.07, 6.45) is 0. The molecule has 2 nitrogen and oxygen atoms in total. The minimum atomic E-state index is 0.0155. The van der Waals surface area contributed by atoms with E-state index < -0.39 is 0 Å². The van der Waals surface area contributed by atoms with Crippen LogP contribution in [0.1, 0.15) is 12.5 Å². The zero-order valence-corrected chi connectivity index (χ0v) is 8.72. The van der Waals surface area contributed by atoms with E-state index in [-0.39, 0.29) is 5.91 Å². The van der Waals surface area contributed by atoms with Crippen LogP contribution in [-0.4, -0.2) is 13.0 Å². The molecule has 13 heavy (non-hydrogen) atoms. The Morgan fingerprint density at radius 3 is 2.54 bits per heavy atom. The van der Waals surface area contributed by atoms with Crippen LogP contribution < -0.4 is 4.90 Å². The molecule has 0 aromatic heterocycles. The molecule has 1 aromatic rings. The third-order valence-corrected chi connectivity index (χ3v) is 2.43. The van der Waals surface area contributed by atoms with E-state index >= 15 is 0 Å². The molecule has 0 fully saturated rings. The van der Waals surface area contributed by atoms with Crippen LogP contribution in [0.4, 0.5) is 5.69 Å². The van der Waals surface area contributed by atoms with Gasteiger partial charge in [0.05, 0.1) is 0 Å². The summed E-state index contributed by atoms with van der Waals surface area (Å²) in [6.45, 7) is 3.45. The van der Waals surface area contributed by atoms with E-state index in [4.69, 9.17) is 11.6 Å². The molecule has 1 rings (SSSR count). The molecule has 0 unspecified atom stereocenters. The van der Waals surface area contributed by atoms with Crippen LogP contribution in [0.3, 0.4) is 0 Å². The molecule has 0 bridgehead atoms. The number of carbonyl (C=O) groups is 1. The molecule has 0 spiro atoms. The highest BCUT2D eigenvalue weighted by atomic mass is 35.5. The van der Waals surface area contributed by atoms with Gasteiger partial charge in [0.1, 0.15) is 0 Å². The van der Waals surface area contributed by atoms with Gasteiger partial charge in [0.15, 0.2) is 0 Å². The Morgan fingerprint density at radius 1 is 1.46 bits per heavy atom. The van der Waals surface area contributed by atoms with Crippen LogP contribution in [0.2, 0.25) is 5.02 Å². The summed E-state index contributed by atoms with van der Waals surface area (Å²) in [5.74, 6) is 0.0155. The van der Waals surface area contributed by atoms with Gasteiger partial charge in [-0.1, -0.05) is 11.6 Å². The number of hydrogen-bond acceptors (Lipinski definition) is 1. The Bertz CT molecular complexity index is 336. The van der Waals surface area contributed by atoms with E-state index in [1.54, 1.807) is 18.0 Å². The second-order valence-electron chi connectivity index (χ2n) is 3.01. The lowest BCUT2D eigenvalue weighted by molar-refractivity contribution is -0.116. The largest absolute Gasteiger partial charge is 0.316 e. The molecule has 0 atom stereocenters. The Labute approximate surface area is 83.1 Å². The van der Waals surface area contributed by atoms with Crippen LogP contribution in [0.25, 0.3) is 0 Å². The van der Waals surface area contributed by atoms with Crippen molar-refractivity contribution in [3.63, 3.8) is 0 Å². The van der Waals surface area contributed by atoms with Gasteiger partial charge in [0.2, 0.25) is 5.91 Å². The van der Waals surface area contributed by atoms with E-state index in [2.05, 4.69) is 0 Å². The minimum Gasteiger partial charge on any atom is -0.316 e. The number of hydrogen-bond donors (Lipinski definition) is 0. The standard InChI is InChI=1S/C10H12ClNO/c1-7-6-9(4-5-10(7)11)12(3)8(2)13/h4-6H,1-3H3. The Balaban J connectivity index is 3.03. The second kappa shape index (κ2) is 3.79. The number of rotatable bonds is 1. The molecular formula is C10H12ClNO. The van der Waals surface area contributed by atoms with Crippen molar-refractivity contribution in [2.24, 2.45) is 0 Å². The zero-order valence-electron chi connectivity index (χ0n) is 7.97. The third kappa shape index (κ3) is 2.22. The van der Waals surface area contributed by atoms with Crippen LogP contribution in [0, 0.1) is 6.92 Å². The normalized spacial score (nSPS) is 9.85. The van der Waals surface area contributed by atoms with E-state index in [9.17, 15) is 4.79 Å². The number of halogens is 1. The lowest BCUT2D eigenvalue weighted by Gasteiger charge is -2.15. The topological polar surface area (TPSA) is 20.3 Å². The first-order valence-electron chi connectivity index (χ1n) is 4.03. The number of anilines is 1. The van der Waals surface area contributed by atoms with Crippen molar-refractivity contribution in [2.75, 3.05) is 11.9 Å². The maximum atomic E-state index is 11.0. The van der Waals surface area contributed by atoms with E-state index in [1.807, 2.05) is 19.1 Å². The van der Waals surface area contributed by atoms with Gasteiger partial charge in [-0.25, -0.2) is 0 Å². The zero-order chi connectivity index (χ0) is 10.0. The molecule has 0 radical (unpaired) electrons. The van der Waals surface area contributed by atoms with Gasteiger partial charge in [-0.2, -0.15) is 0 Å². The lowest BCUT2D eigenvalue weighted by atomic mass is 10.2. The summed E-state index contributed by atoms with van der Waals surface area (Å²) < 4.78 is 0. The van der Waals surface area contributed by atoms with Crippen LogP contribution >= 0.6 is 11.6 Å². The van der Waals surface area contributed by atoms with E-state index in [0.717, 1.165) is 16.3 Å². The fourth-order valence-electron chi connectivity index (χ4n) is 1.02. The van der Waals surface area contributed by atoms with Crippen molar-refractivity contribution in [2.45, 2.75) is 13.8 Å². The van der Waals surface area contributed by atoms with Gasteiger partial charge in [-0.3, -0.25) is 4.79 Å². The van der Waals surface area contributed by atoms with Crippen LogP contribution in [0.15, 0.2) is 18.2 Å².